The Balaban J connectivity index is 1.44. The lowest BCUT2D eigenvalue weighted by Gasteiger charge is -2.32. The predicted octanol–water partition coefficient (Wildman–Crippen LogP) is 3.46. The summed E-state index contributed by atoms with van der Waals surface area (Å²) >= 11 is 0. The highest BCUT2D eigenvalue weighted by Crippen LogP contribution is 2.28. The molecule has 1 N–H and O–H groups in total. The number of hydrogen-bond donors (Lipinski definition) is 1. The number of piperidine rings is 1. The van der Waals surface area contributed by atoms with E-state index in [1.807, 2.05) is 24.3 Å². The molecule has 2 aromatic carbocycles. The molecule has 0 unspecified atom stereocenters. The van der Waals surface area contributed by atoms with Crippen molar-refractivity contribution in [3.63, 3.8) is 0 Å². The molecule has 32 heavy (non-hydrogen) atoms. The van der Waals surface area contributed by atoms with Crippen LogP contribution in [0.5, 0.6) is 17.2 Å². The molecule has 0 radical (unpaired) electrons. The van der Waals surface area contributed by atoms with Crippen molar-refractivity contribution in [1.29, 1.82) is 0 Å². The maximum atomic E-state index is 12.8. The minimum absolute atomic E-state index is 0.0160. The second-order valence-electron chi connectivity index (χ2n) is 7.89. The first-order chi connectivity index (χ1) is 15.5. The molecule has 3 rings (SSSR count). The summed E-state index contributed by atoms with van der Waals surface area (Å²) in [5, 5.41) is 3.01. The van der Waals surface area contributed by atoms with Gasteiger partial charge >= 0.3 is 0 Å². The molecule has 2 aromatic rings. The molecule has 1 fully saturated rings. The van der Waals surface area contributed by atoms with Gasteiger partial charge in [0.25, 0.3) is 11.8 Å². The lowest BCUT2D eigenvalue weighted by atomic mass is 10.0. The van der Waals surface area contributed by atoms with E-state index in [2.05, 4.69) is 12.2 Å². The van der Waals surface area contributed by atoms with Crippen molar-refractivity contribution in [2.24, 2.45) is 0 Å². The Morgan fingerprint density at radius 1 is 1.00 bits per heavy atom. The summed E-state index contributed by atoms with van der Waals surface area (Å²) in [6.07, 6.45) is 3.54. The first-order valence-electron chi connectivity index (χ1n) is 11.1. The minimum Gasteiger partial charge on any atom is -0.493 e. The van der Waals surface area contributed by atoms with Gasteiger partial charge in [0.1, 0.15) is 5.75 Å². The summed E-state index contributed by atoms with van der Waals surface area (Å²) in [6, 6.07) is 13.1. The second kappa shape index (κ2) is 11.4. The molecule has 0 spiro atoms. The molecule has 7 nitrogen and oxygen atoms in total. The number of carbonyl (C=O) groups excluding carboxylic acids is 2. The number of amides is 2. The van der Waals surface area contributed by atoms with Gasteiger partial charge in [-0.05, 0) is 55.2 Å². The Kier molecular flexibility index (Phi) is 8.36. The van der Waals surface area contributed by atoms with Gasteiger partial charge in [-0.3, -0.25) is 9.59 Å². The van der Waals surface area contributed by atoms with Gasteiger partial charge in [-0.2, -0.15) is 0 Å². The van der Waals surface area contributed by atoms with Gasteiger partial charge in [0.15, 0.2) is 18.1 Å². The number of ether oxygens (including phenoxy) is 3. The fraction of sp³-hybridized carbons (Fsp3) is 0.440. The van der Waals surface area contributed by atoms with E-state index in [0.717, 1.165) is 12.8 Å². The van der Waals surface area contributed by atoms with Crippen molar-refractivity contribution in [3.8, 4) is 17.2 Å². The molecule has 0 aromatic heterocycles. The van der Waals surface area contributed by atoms with Crippen LogP contribution < -0.4 is 19.5 Å². The Labute approximate surface area is 189 Å². The van der Waals surface area contributed by atoms with Gasteiger partial charge in [-0.1, -0.05) is 25.5 Å². The van der Waals surface area contributed by atoms with Gasteiger partial charge < -0.3 is 24.4 Å². The van der Waals surface area contributed by atoms with Crippen molar-refractivity contribution in [1.82, 2.24) is 10.2 Å². The molecule has 0 saturated carbocycles. The molecule has 2 amide bonds. The standard InChI is InChI=1S/C25H32N2O5/c1-4-5-18-6-9-21(10-7-18)32-17-24(28)26-20-12-14-27(15-13-20)25(29)19-8-11-22(30-2)23(16-19)31-3/h6-11,16,20H,4-5,12-15,17H2,1-3H3,(H,26,28). The first kappa shape index (κ1) is 23.4. The van der Waals surface area contributed by atoms with Crippen molar-refractivity contribution in [2.75, 3.05) is 33.9 Å². The van der Waals surface area contributed by atoms with E-state index in [1.165, 1.54) is 5.56 Å². The van der Waals surface area contributed by atoms with E-state index in [1.54, 1.807) is 37.3 Å². The average molecular weight is 441 g/mol. The summed E-state index contributed by atoms with van der Waals surface area (Å²) in [5.41, 5.74) is 1.82. The SMILES string of the molecule is CCCc1ccc(OCC(=O)NC2CCN(C(=O)c3ccc(OC)c(OC)c3)CC2)cc1. The topological polar surface area (TPSA) is 77.1 Å². The number of benzene rings is 2. The van der Waals surface area contributed by atoms with Crippen molar-refractivity contribution >= 4 is 11.8 Å². The quantitative estimate of drug-likeness (QED) is 0.646. The van der Waals surface area contributed by atoms with Gasteiger partial charge in [0.2, 0.25) is 0 Å². The van der Waals surface area contributed by atoms with Gasteiger partial charge in [-0.25, -0.2) is 0 Å². The predicted molar refractivity (Wildman–Crippen MR) is 123 cm³/mol. The van der Waals surface area contributed by atoms with E-state index >= 15 is 0 Å². The third kappa shape index (κ3) is 6.15. The van der Waals surface area contributed by atoms with Crippen LogP contribution in [-0.2, 0) is 11.2 Å². The highest BCUT2D eigenvalue weighted by molar-refractivity contribution is 5.95. The van der Waals surface area contributed by atoms with E-state index < -0.39 is 0 Å². The molecule has 0 bridgehead atoms. The zero-order valence-corrected chi connectivity index (χ0v) is 19.1. The number of aryl methyl sites for hydroxylation is 1. The second-order valence-corrected chi connectivity index (χ2v) is 7.89. The first-order valence-corrected chi connectivity index (χ1v) is 11.1. The summed E-state index contributed by atoms with van der Waals surface area (Å²) in [5.74, 6) is 1.61. The third-order valence-electron chi connectivity index (χ3n) is 5.61. The number of rotatable bonds is 9. The van der Waals surface area contributed by atoms with E-state index in [-0.39, 0.29) is 24.5 Å². The van der Waals surface area contributed by atoms with Crippen LogP contribution in [-0.4, -0.2) is 56.7 Å². The van der Waals surface area contributed by atoms with Crippen LogP contribution in [0.4, 0.5) is 0 Å². The highest BCUT2D eigenvalue weighted by Gasteiger charge is 2.25. The molecule has 7 heteroatoms. The van der Waals surface area contributed by atoms with E-state index in [0.29, 0.717) is 48.7 Å². The van der Waals surface area contributed by atoms with Crippen LogP contribution in [0.1, 0.15) is 42.1 Å². The summed E-state index contributed by atoms with van der Waals surface area (Å²) < 4.78 is 16.1. The average Bonchev–Trinajstić information content (AvgIpc) is 2.83. The Hall–Kier alpha value is -3.22. The van der Waals surface area contributed by atoms with E-state index in [9.17, 15) is 9.59 Å². The smallest absolute Gasteiger partial charge is 0.258 e. The number of carbonyl (C=O) groups is 2. The zero-order valence-electron chi connectivity index (χ0n) is 19.1. The number of nitrogens with zero attached hydrogens (tertiary/aromatic N) is 1. The van der Waals surface area contributed by atoms with Crippen LogP contribution in [0.3, 0.4) is 0 Å². The highest BCUT2D eigenvalue weighted by atomic mass is 16.5. The number of methoxy groups -OCH3 is 2. The molecule has 1 saturated heterocycles. The molecule has 1 aliphatic rings. The van der Waals surface area contributed by atoms with Crippen LogP contribution in [0.15, 0.2) is 42.5 Å². The number of nitrogens with one attached hydrogen (secondary N) is 1. The largest absolute Gasteiger partial charge is 0.493 e. The molecule has 1 aliphatic heterocycles. The summed E-state index contributed by atoms with van der Waals surface area (Å²) in [6.45, 7) is 3.29. The van der Waals surface area contributed by atoms with Crippen LogP contribution in [0.2, 0.25) is 0 Å². The van der Waals surface area contributed by atoms with Gasteiger partial charge in [-0.15, -0.1) is 0 Å². The van der Waals surface area contributed by atoms with Gasteiger partial charge in [0, 0.05) is 24.7 Å². The fourth-order valence-corrected chi connectivity index (χ4v) is 3.84. The fourth-order valence-electron chi connectivity index (χ4n) is 3.84. The van der Waals surface area contributed by atoms with Crippen molar-refractivity contribution in [3.05, 3.63) is 53.6 Å². The lowest BCUT2D eigenvalue weighted by Crippen LogP contribution is -2.47. The van der Waals surface area contributed by atoms with Crippen molar-refractivity contribution in [2.45, 2.75) is 38.6 Å². The van der Waals surface area contributed by atoms with Crippen LogP contribution in [0.25, 0.3) is 0 Å². The maximum Gasteiger partial charge on any atom is 0.258 e. The normalized spacial score (nSPS) is 14.0. The number of likely N-dealkylation sites (tertiary alicyclic amines) is 1. The Morgan fingerprint density at radius 3 is 2.31 bits per heavy atom. The molecule has 172 valence electrons. The van der Waals surface area contributed by atoms with Gasteiger partial charge in [0.05, 0.1) is 14.2 Å². The Bertz CT molecular complexity index is 905. The van der Waals surface area contributed by atoms with E-state index in [4.69, 9.17) is 14.2 Å². The maximum absolute atomic E-state index is 12.8. The molecular formula is C25H32N2O5. The van der Waals surface area contributed by atoms with Crippen LogP contribution in [0, 0.1) is 0 Å². The van der Waals surface area contributed by atoms with Crippen molar-refractivity contribution < 1.29 is 23.8 Å². The summed E-state index contributed by atoms with van der Waals surface area (Å²) in [4.78, 5) is 26.9. The molecular weight excluding hydrogens is 408 g/mol. The number of hydrogen-bond acceptors (Lipinski definition) is 5. The zero-order chi connectivity index (χ0) is 22.9. The molecule has 0 aliphatic carbocycles. The van der Waals surface area contributed by atoms with Crippen LogP contribution >= 0.6 is 0 Å². The monoisotopic (exact) mass is 440 g/mol. The Morgan fingerprint density at radius 2 is 1.69 bits per heavy atom. The third-order valence-corrected chi connectivity index (χ3v) is 5.61. The molecule has 0 atom stereocenters. The summed E-state index contributed by atoms with van der Waals surface area (Å²) in [7, 11) is 3.11. The lowest BCUT2D eigenvalue weighted by molar-refractivity contribution is -0.124. The minimum atomic E-state index is -0.146. The molecule has 1 heterocycles.